The molecule has 0 radical (unpaired) electrons. The fourth-order valence-corrected chi connectivity index (χ4v) is 3.30. The normalized spacial score (nSPS) is 20.6. The van der Waals surface area contributed by atoms with Gasteiger partial charge in [-0.3, -0.25) is 14.9 Å². The zero-order chi connectivity index (χ0) is 17.9. The van der Waals surface area contributed by atoms with Crippen LogP contribution >= 0.6 is 0 Å². The zero-order valence-corrected chi connectivity index (χ0v) is 14.6. The van der Waals surface area contributed by atoms with E-state index in [9.17, 15) is 14.9 Å². The Labute approximate surface area is 141 Å². The summed E-state index contributed by atoms with van der Waals surface area (Å²) < 4.78 is 10.6. The van der Waals surface area contributed by atoms with E-state index in [1.807, 2.05) is 0 Å². The van der Waals surface area contributed by atoms with Crippen molar-refractivity contribution in [1.29, 1.82) is 0 Å². The van der Waals surface area contributed by atoms with E-state index < -0.39 is 4.92 Å². The Morgan fingerprint density at radius 3 is 2.42 bits per heavy atom. The third-order valence-electron chi connectivity index (χ3n) is 4.16. The van der Waals surface area contributed by atoms with Crippen molar-refractivity contribution in [3.8, 4) is 11.5 Å². The van der Waals surface area contributed by atoms with Gasteiger partial charge >= 0.3 is 0 Å². The van der Waals surface area contributed by atoms with Crippen LogP contribution in [0.3, 0.4) is 0 Å². The predicted molar refractivity (Wildman–Crippen MR) is 89.7 cm³/mol. The molecular formula is C17H24N2O5. The third-order valence-corrected chi connectivity index (χ3v) is 4.16. The first-order chi connectivity index (χ1) is 11.4. The molecule has 2 rings (SSSR count). The molecule has 1 aliphatic rings. The van der Waals surface area contributed by atoms with Gasteiger partial charge in [-0.2, -0.15) is 0 Å². The van der Waals surface area contributed by atoms with Crippen LogP contribution in [0.15, 0.2) is 12.1 Å². The van der Waals surface area contributed by atoms with E-state index in [-0.39, 0.29) is 22.9 Å². The molecule has 1 aliphatic heterocycles. The summed E-state index contributed by atoms with van der Waals surface area (Å²) >= 11 is 0. The number of hydrogen-bond acceptors (Lipinski definition) is 5. The van der Waals surface area contributed by atoms with E-state index in [1.54, 1.807) is 11.8 Å². The number of nitro groups is 1. The molecule has 0 aliphatic carbocycles. The van der Waals surface area contributed by atoms with Gasteiger partial charge in [-0.1, -0.05) is 13.8 Å². The second-order valence-corrected chi connectivity index (χ2v) is 6.37. The van der Waals surface area contributed by atoms with Crippen molar-refractivity contribution in [2.75, 3.05) is 26.8 Å². The predicted octanol–water partition coefficient (Wildman–Crippen LogP) is 3.12. The average Bonchev–Trinajstić information content (AvgIpc) is 2.53. The molecule has 132 valence electrons. The van der Waals surface area contributed by atoms with Gasteiger partial charge in [0, 0.05) is 19.2 Å². The number of benzene rings is 1. The molecule has 7 heteroatoms. The van der Waals surface area contributed by atoms with Crippen molar-refractivity contribution in [3.05, 3.63) is 27.8 Å². The van der Waals surface area contributed by atoms with Gasteiger partial charge in [0.25, 0.3) is 11.6 Å². The van der Waals surface area contributed by atoms with Gasteiger partial charge in [0.2, 0.25) is 0 Å². The topological polar surface area (TPSA) is 81.9 Å². The van der Waals surface area contributed by atoms with Crippen LogP contribution in [-0.2, 0) is 0 Å². The van der Waals surface area contributed by atoms with E-state index in [4.69, 9.17) is 9.47 Å². The lowest BCUT2D eigenvalue weighted by atomic mass is 9.91. The molecule has 2 unspecified atom stereocenters. The summed E-state index contributed by atoms with van der Waals surface area (Å²) in [5, 5.41) is 11.4. The van der Waals surface area contributed by atoms with Crippen LogP contribution < -0.4 is 9.47 Å². The number of carbonyl (C=O) groups excluding carboxylic acids is 1. The molecule has 0 spiro atoms. The molecular weight excluding hydrogens is 312 g/mol. The quantitative estimate of drug-likeness (QED) is 0.609. The Hall–Kier alpha value is -2.31. The lowest BCUT2D eigenvalue weighted by Gasteiger charge is -2.35. The van der Waals surface area contributed by atoms with Crippen LogP contribution in [0.25, 0.3) is 0 Å². The van der Waals surface area contributed by atoms with Gasteiger partial charge in [-0.15, -0.1) is 0 Å². The Morgan fingerprint density at radius 1 is 1.29 bits per heavy atom. The minimum absolute atomic E-state index is 0.0432. The van der Waals surface area contributed by atoms with Crippen LogP contribution in [0.4, 0.5) is 5.69 Å². The summed E-state index contributed by atoms with van der Waals surface area (Å²) in [7, 11) is 1.45. The van der Waals surface area contributed by atoms with Gasteiger partial charge < -0.3 is 14.4 Å². The second kappa shape index (κ2) is 7.51. The number of likely N-dealkylation sites (tertiary alicyclic amines) is 1. The summed E-state index contributed by atoms with van der Waals surface area (Å²) in [5.41, 5.74) is -0.211. The van der Waals surface area contributed by atoms with Gasteiger partial charge in [0.05, 0.1) is 24.7 Å². The average molecular weight is 336 g/mol. The molecule has 1 aromatic rings. The molecule has 1 heterocycles. The van der Waals surface area contributed by atoms with Crippen molar-refractivity contribution in [2.24, 2.45) is 11.8 Å². The molecule has 1 amide bonds. The fourth-order valence-electron chi connectivity index (χ4n) is 3.30. The van der Waals surface area contributed by atoms with E-state index in [1.165, 1.54) is 19.2 Å². The van der Waals surface area contributed by atoms with Gasteiger partial charge in [0.15, 0.2) is 11.5 Å². The molecule has 0 bridgehead atoms. The maximum absolute atomic E-state index is 12.9. The lowest BCUT2D eigenvalue weighted by Crippen LogP contribution is -2.42. The number of carbonyl (C=O) groups is 1. The van der Waals surface area contributed by atoms with Crippen LogP contribution in [-0.4, -0.2) is 42.5 Å². The molecule has 0 N–H and O–H groups in total. The summed E-state index contributed by atoms with van der Waals surface area (Å²) in [6.07, 6.45) is 1.05. The molecule has 1 saturated heterocycles. The number of nitrogens with zero attached hydrogens (tertiary/aromatic N) is 2. The number of ether oxygens (including phenoxy) is 2. The Balaban J connectivity index is 2.43. The van der Waals surface area contributed by atoms with Crippen LogP contribution in [0, 0.1) is 22.0 Å². The van der Waals surface area contributed by atoms with E-state index in [2.05, 4.69) is 13.8 Å². The van der Waals surface area contributed by atoms with E-state index in [0.717, 1.165) is 6.42 Å². The summed E-state index contributed by atoms with van der Waals surface area (Å²) in [6.45, 7) is 7.51. The molecule has 0 saturated carbocycles. The summed E-state index contributed by atoms with van der Waals surface area (Å²) in [4.78, 5) is 25.5. The van der Waals surface area contributed by atoms with Crippen molar-refractivity contribution >= 4 is 11.6 Å². The summed E-state index contributed by atoms with van der Waals surface area (Å²) in [6, 6.07) is 2.68. The molecule has 24 heavy (non-hydrogen) atoms. The maximum Gasteiger partial charge on any atom is 0.286 e. The highest BCUT2D eigenvalue weighted by Crippen LogP contribution is 2.36. The van der Waals surface area contributed by atoms with Crippen molar-refractivity contribution in [1.82, 2.24) is 4.90 Å². The van der Waals surface area contributed by atoms with Gasteiger partial charge in [-0.25, -0.2) is 0 Å². The highest BCUT2D eigenvalue weighted by atomic mass is 16.6. The molecule has 1 aromatic carbocycles. The number of piperidine rings is 1. The molecule has 7 nitrogen and oxygen atoms in total. The van der Waals surface area contributed by atoms with Gasteiger partial charge in [0.1, 0.15) is 5.56 Å². The van der Waals surface area contributed by atoms with Crippen LogP contribution in [0.5, 0.6) is 11.5 Å². The third kappa shape index (κ3) is 3.77. The minimum Gasteiger partial charge on any atom is -0.493 e. The lowest BCUT2D eigenvalue weighted by molar-refractivity contribution is -0.385. The highest BCUT2D eigenvalue weighted by Gasteiger charge is 2.31. The largest absolute Gasteiger partial charge is 0.493 e. The standard InChI is InChI=1S/C17H24N2O5/c1-5-24-16-8-14(19(21)22)13(7-15(16)23-4)17(20)18-9-11(2)6-12(3)10-18/h7-8,11-12H,5-6,9-10H2,1-4H3. The Morgan fingerprint density at radius 2 is 1.92 bits per heavy atom. The highest BCUT2D eigenvalue weighted by molar-refractivity contribution is 5.99. The number of amides is 1. The molecule has 1 fully saturated rings. The maximum atomic E-state index is 12.9. The SMILES string of the molecule is CCOc1cc([N+](=O)[O-])c(C(=O)N2CC(C)CC(C)C2)cc1OC. The fraction of sp³-hybridized carbons (Fsp3) is 0.588. The van der Waals surface area contributed by atoms with Crippen molar-refractivity contribution in [3.63, 3.8) is 0 Å². The first-order valence-electron chi connectivity index (χ1n) is 8.15. The zero-order valence-electron chi connectivity index (χ0n) is 14.6. The van der Waals surface area contributed by atoms with Gasteiger partial charge in [-0.05, 0) is 25.2 Å². The second-order valence-electron chi connectivity index (χ2n) is 6.37. The molecule has 2 atom stereocenters. The number of methoxy groups -OCH3 is 1. The number of rotatable bonds is 5. The van der Waals surface area contributed by atoms with Crippen LogP contribution in [0.1, 0.15) is 37.6 Å². The smallest absolute Gasteiger partial charge is 0.286 e. The summed E-state index contributed by atoms with van der Waals surface area (Å²) in [5.74, 6) is 1.01. The Bertz CT molecular complexity index is 622. The van der Waals surface area contributed by atoms with E-state index >= 15 is 0 Å². The monoisotopic (exact) mass is 336 g/mol. The first kappa shape index (κ1) is 18.0. The van der Waals surface area contributed by atoms with E-state index in [0.29, 0.717) is 37.3 Å². The number of nitro benzene ring substituents is 1. The Kier molecular flexibility index (Phi) is 5.64. The molecule has 0 aromatic heterocycles. The van der Waals surface area contributed by atoms with Crippen LogP contribution in [0.2, 0.25) is 0 Å². The van der Waals surface area contributed by atoms with Crippen molar-refractivity contribution < 1.29 is 19.2 Å². The van der Waals surface area contributed by atoms with Crippen molar-refractivity contribution in [2.45, 2.75) is 27.2 Å². The minimum atomic E-state index is -0.550. The first-order valence-corrected chi connectivity index (χ1v) is 8.15. The number of hydrogen-bond donors (Lipinski definition) is 0.